The zero-order chi connectivity index (χ0) is 12.6. The lowest BCUT2D eigenvalue weighted by atomic mass is 10.0. The number of fused-ring (bicyclic) bond motifs is 1. The number of pyridine rings is 1. The van der Waals surface area contributed by atoms with Crippen LogP contribution in [0.25, 0.3) is 10.9 Å². The maximum atomic E-state index is 12.5. The van der Waals surface area contributed by atoms with Crippen molar-refractivity contribution >= 4 is 22.5 Å². The number of benzene rings is 1. The molecule has 0 fully saturated rings. The zero-order valence-electron chi connectivity index (χ0n) is 8.37. The van der Waals surface area contributed by atoms with Gasteiger partial charge in [-0.05, 0) is 12.1 Å². The molecule has 2 aromatic rings. The first-order valence-corrected chi connectivity index (χ1v) is 5.07. The van der Waals surface area contributed by atoms with Gasteiger partial charge in [0.25, 0.3) is 0 Å². The molecule has 0 aliphatic rings. The van der Waals surface area contributed by atoms with Crippen LogP contribution in [0.15, 0.2) is 30.5 Å². The van der Waals surface area contributed by atoms with Crippen molar-refractivity contribution in [3.05, 3.63) is 41.0 Å². The number of aliphatic hydroxyl groups is 1. The average Bonchev–Trinajstić information content (AvgIpc) is 2.27. The molecule has 0 bridgehead atoms. The molecule has 0 aliphatic heterocycles. The van der Waals surface area contributed by atoms with E-state index in [-0.39, 0.29) is 10.5 Å². The van der Waals surface area contributed by atoms with Crippen LogP contribution in [0.1, 0.15) is 11.7 Å². The second-order valence-corrected chi connectivity index (χ2v) is 3.89. The monoisotopic (exact) mass is 261 g/mol. The van der Waals surface area contributed by atoms with Crippen molar-refractivity contribution < 1.29 is 18.3 Å². The van der Waals surface area contributed by atoms with Gasteiger partial charge in [0, 0.05) is 22.2 Å². The maximum absolute atomic E-state index is 12.5. The fourth-order valence-electron chi connectivity index (χ4n) is 1.57. The van der Waals surface area contributed by atoms with Crippen LogP contribution in [0.5, 0.6) is 0 Å². The lowest BCUT2D eigenvalue weighted by molar-refractivity contribution is -0.206. The Morgan fingerprint density at radius 2 is 1.94 bits per heavy atom. The van der Waals surface area contributed by atoms with Gasteiger partial charge >= 0.3 is 6.18 Å². The SMILES string of the molecule is OC(c1c(Cl)ccc2cccnc12)C(F)(F)F. The van der Waals surface area contributed by atoms with Crippen molar-refractivity contribution in [1.29, 1.82) is 0 Å². The summed E-state index contributed by atoms with van der Waals surface area (Å²) < 4.78 is 37.5. The van der Waals surface area contributed by atoms with Gasteiger partial charge in [0.2, 0.25) is 0 Å². The first kappa shape index (κ1) is 12.1. The van der Waals surface area contributed by atoms with Gasteiger partial charge in [0.1, 0.15) is 0 Å². The summed E-state index contributed by atoms with van der Waals surface area (Å²) in [5.41, 5.74) is -0.345. The molecule has 1 N–H and O–H groups in total. The highest BCUT2D eigenvalue weighted by molar-refractivity contribution is 6.32. The van der Waals surface area contributed by atoms with Crippen LogP contribution in [0.3, 0.4) is 0 Å². The number of hydrogen-bond acceptors (Lipinski definition) is 2. The summed E-state index contributed by atoms with van der Waals surface area (Å²) in [6, 6.07) is 6.07. The topological polar surface area (TPSA) is 33.1 Å². The van der Waals surface area contributed by atoms with Crippen molar-refractivity contribution in [3.8, 4) is 0 Å². The first-order chi connectivity index (χ1) is 7.91. The third-order valence-corrected chi connectivity index (χ3v) is 2.67. The molecule has 1 aromatic carbocycles. The van der Waals surface area contributed by atoms with Crippen molar-refractivity contribution in [1.82, 2.24) is 4.98 Å². The molecule has 0 spiro atoms. The second-order valence-electron chi connectivity index (χ2n) is 3.48. The van der Waals surface area contributed by atoms with Gasteiger partial charge in [-0.2, -0.15) is 13.2 Å². The highest BCUT2D eigenvalue weighted by Gasteiger charge is 2.41. The number of halogens is 4. The molecule has 17 heavy (non-hydrogen) atoms. The molecule has 6 heteroatoms. The summed E-state index contributed by atoms with van der Waals surface area (Å²) in [5.74, 6) is 0. The molecule has 0 amide bonds. The molecule has 2 nitrogen and oxygen atoms in total. The molecule has 0 aliphatic carbocycles. The third-order valence-electron chi connectivity index (χ3n) is 2.34. The van der Waals surface area contributed by atoms with E-state index in [4.69, 9.17) is 11.6 Å². The highest BCUT2D eigenvalue weighted by Crippen LogP contribution is 2.39. The molecular formula is C11H7ClF3NO. The molecule has 90 valence electrons. The van der Waals surface area contributed by atoms with E-state index in [0.717, 1.165) is 0 Å². The van der Waals surface area contributed by atoms with Crippen molar-refractivity contribution in [2.45, 2.75) is 12.3 Å². The summed E-state index contributed by atoms with van der Waals surface area (Å²) in [5, 5.41) is 9.63. The Morgan fingerprint density at radius 1 is 1.24 bits per heavy atom. The Hall–Kier alpha value is -1.33. The fraction of sp³-hybridized carbons (Fsp3) is 0.182. The number of nitrogens with zero attached hydrogens (tertiary/aromatic N) is 1. The Balaban J connectivity index is 2.71. The van der Waals surface area contributed by atoms with E-state index in [1.807, 2.05) is 0 Å². The van der Waals surface area contributed by atoms with Gasteiger partial charge in [0.05, 0.1) is 5.52 Å². The molecule has 0 radical (unpaired) electrons. The maximum Gasteiger partial charge on any atom is 0.418 e. The zero-order valence-corrected chi connectivity index (χ0v) is 9.13. The van der Waals surface area contributed by atoms with E-state index >= 15 is 0 Å². The first-order valence-electron chi connectivity index (χ1n) is 4.69. The summed E-state index contributed by atoms with van der Waals surface area (Å²) >= 11 is 5.70. The van der Waals surface area contributed by atoms with Gasteiger partial charge in [-0.25, -0.2) is 0 Å². The number of rotatable bonds is 1. The van der Waals surface area contributed by atoms with Crippen LogP contribution in [0.2, 0.25) is 5.02 Å². The van der Waals surface area contributed by atoms with Crippen molar-refractivity contribution in [2.75, 3.05) is 0 Å². The van der Waals surface area contributed by atoms with Crippen LogP contribution in [-0.4, -0.2) is 16.3 Å². The predicted octanol–water partition coefficient (Wildman–Crippen LogP) is 3.48. The molecule has 2 rings (SSSR count). The van der Waals surface area contributed by atoms with Gasteiger partial charge < -0.3 is 5.11 Å². The van der Waals surface area contributed by atoms with E-state index in [2.05, 4.69) is 4.98 Å². The smallest absolute Gasteiger partial charge is 0.379 e. The van der Waals surface area contributed by atoms with E-state index < -0.39 is 17.8 Å². The quantitative estimate of drug-likeness (QED) is 0.852. The minimum atomic E-state index is -4.77. The Labute approximate surface area is 99.7 Å². The average molecular weight is 262 g/mol. The Kier molecular flexibility index (Phi) is 2.97. The Morgan fingerprint density at radius 3 is 2.59 bits per heavy atom. The standard InChI is InChI=1S/C11H7ClF3NO/c12-7-4-3-6-2-1-5-16-9(6)8(7)10(17)11(13,14)15/h1-5,10,17H. The van der Waals surface area contributed by atoms with Crippen LogP contribution < -0.4 is 0 Å². The summed E-state index contributed by atoms with van der Waals surface area (Å²) in [6.45, 7) is 0. The minimum Gasteiger partial charge on any atom is -0.379 e. The van der Waals surface area contributed by atoms with E-state index in [9.17, 15) is 18.3 Å². The lowest BCUT2D eigenvalue weighted by Crippen LogP contribution is -2.21. The molecule has 0 saturated carbocycles. The molecule has 1 heterocycles. The number of hydrogen-bond donors (Lipinski definition) is 1. The van der Waals surface area contributed by atoms with E-state index in [1.165, 1.54) is 12.3 Å². The summed E-state index contributed by atoms with van der Waals surface area (Å²) in [7, 11) is 0. The molecule has 1 atom stereocenters. The highest BCUT2D eigenvalue weighted by atomic mass is 35.5. The third kappa shape index (κ3) is 2.21. The second kappa shape index (κ2) is 4.16. The number of alkyl halides is 3. The van der Waals surface area contributed by atoms with Crippen molar-refractivity contribution in [3.63, 3.8) is 0 Å². The van der Waals surface area contributed by atoms with Gasteiger partial charge in [0.15, 0.2) is 6.10 Å². The van der Waals surface area contributed by atoms with E-state index in [0.29, 0.717) is 5.39 Å². The van der Waals surface area contributed by atoms with E-state index in [1.54, 1.807) is 18.2 Å². The van der Waals surface area contributed by atoms with Crippen LogP contribution in [0, 0.1) is 0 Å². The van der Waals surface area contributed by atoms with Gasteiger partial charge in [-0.15, -0.1) is 0 Å². The Bertz CT molecular complexity index is 556. The number of aliphatic hydroxyl groups excluding tert-OH is 1. The molecular weight excluding hydrogens is 255 g/mol. The molecule has 1 unspecified atom stereocenters. The predicted molar refractivity (Wildman–Crippen MR) is 57.8 cm³/mol. The lowest BCUT2D eigenvalue weighted by Gasteiger charge is -2.17. The summed E-state index contributed by atoms with van der Waals surface area (Å²) in [6.07, 6.45) is -6.05. The normalized spacial score (nSPS) is 13.9. The van der Waals surface area contributed by atoms with Crippen LogP contribution in [-0.2, 0) is 0 Å². The fourth-order valence-corrected chi connectivity index (χ4v) is 1.82. The van der Waals surface area contributed by atoms with Crippen molar-refractivity contribution in [2.24, 2.45) is 0 Å². The van der Waals surface area contributed by atoms with Gasteiger partial charge in [-0.3, -0.25) is 4.98 Å². The largest absolute Gasteiger partial charge is 0.418 e. The van der Waals surface area contributed by atoms with Gasteiger partial charge in [-0.1, -0.05) is 23.7 Å². The minimum absolute atomic E-state index is 0.0600. The number of aromatic nitrogens is 1. The molecule has 0 saturated heterocycles. The summed E-state index contributed by atoms with van der Waals surface area (Å²) in [4.78, 5) is 3.83. The molecule has 1 aromatic heterocycles. The van der Waals surface area contributed by atoms with Crippen LogP contribution in [0.4, 0.5) is 13.2 Å². The van der Waals surface area contributed by atoms with Crippen LogP contribution >= 0.6 is 11.6 Å².